The van der Waals surface area contributed by atoms with E-state index in [1.807, 2.05) is 11.8 Å². The predicted molar refractivity (Wildman–Crippen MR) is 62.1 cm³/mol. The second kappa shape index (κ2) is 10.4. The molecule has 0 aliphatic rings. The molecule has 0 aromatic rings. The lowest BCUT2D eigenvalue weighted by molar-refractivity contribution is 0.246. The molecule has 0 amide bonds. The minimum atomic E-state index is -0.384. The summed E-state index contributed by atoms with van der Waals surface area (Å²) in [6.07, 6.45) is 7.72. The highest BCUT2D eigenvalue weighted by Crippen LogP contribution is 2.10. The van der Waals surface area contributed by atoms with Crippen LogP contribution in [0.5, 0.6) is 0 Å². The molecule has 2 heteroatoms. The van der Waals surface area contributed by atoms with Gasteiger partial charge in [-0.1, -0.05) is 39.0 Å². The van der Waals surface area contributed by atoms with Crippen LogP contribution >= 0.6 is 11.8 Å². The molecular weight excluding hydrogens is 180 g/mol. The fraction of sp³-hybridized carbons (Fsp3) is 0.909. The van der Waals surface area contributed by atoms with Crippen molar-refractivity contribution in [3.8, 4) is 0 Å². The Morgan fingerprint density at radius 3 is 2.38 bits per heavy atom. The molecule has 1 unspecified atom stereocenters. The van der Waals surface area contributed by atoms with Gasteiger partial charge in [-0.3, -0.25) is 0 Å². The van der Waals surface area contributed by atoms with Crippen LogP contribution in [-0.4, -0.2) is 22.7 Å². The molecule has 0 bridgehead atoms. The zero-order chi connectivity index (χ0) is 9.94. The molecule has 0 aromatic carbocycles. The SMILES string of the molecule is [CH2]C(O)CSCCCCCCCC. The first-order chi connectivity index (χ1) is 6.27. The zero-order valence-electron chi connectivity index (χ0n) is 8.80. The Kier molecular flexibility index (Phi) is 10.6. The average Bonchev–Trinajstić information content (AvgIpc) is 2.09. The predicted octanol–water partition coefficient (Wildman–Crippen LogP) is 3.28. The summed E-state index contributed by atoms with van der Waals surface area (Å²) < 4.78 is 0. The average molecular weight is 203 g/mol. The van der Waals surface area contributed by atoms with E-state index in [-0.39, 0.29) is 6.10 Å². The highest BCUT2D eigenvalue weighted by atomic mass is 32.2. The van der Waals surface area contributed by atoms with Crippen LogP contribution in [-0.2, 0) is 0 Å². The maximum absolute atomic E-state index is 8.89. The molecule has 0 saturated carbocycles. The third-order valence-corrected chi connectivity index (χ3v) is 3.15. The number of hydrogen-bond acceptors (Lipinski definition) is 2. The van der Waals surface area contributed by atoms with Gasteiger partial charge in [-0.2, -0.15) is 11.8 Å². The molecule has 13 heavy (non-hydrogen) atoms. The lowest BCUT2D eigenvalue weighted by Crippen LogP contribution is -2.03. The molecule has 1 atom stereocenters. The van der Waals surface area contributed by atoms with Crippen molar-refractivity contribution in [2.45, 2.75) is 51.6 Å². The summed E-state index contributed by atoms with van der Waals surface area (Å²) in [7, 11) is 0. The molecule has 1 N–H and O–H groups in total. The summed E-state index contributed by atoms with van der Waals surface area (Å²) in [6.45, 7) is 5.77. The minimum absolute atomic E-state index is 0.384. The number of hydrogen-bond donors (Lipinski definition) is 1. The van der Waals surface area contributed by atoms with Gasteiger partial charge in [-0.15, -0.1) is 0 Å². The lowest BCUT2D eigenvalue weighted by atomic mass is 10.1. The summed E-state index contributed by atoms with van der Waals surface area (Å²) in [6, 6.07) is 0. The second-order valence-corrected chi connectivity index (χ2v) is 4.65. The van der Waals surface area contributed by atoms with Crippen molar-refractivity contribution in [3.05, 3.63) is 6.92 Å². The van der Waals surface area contributed by atoms with E-state index in [9.17, 15) is 0 Å². The summed E-state index contributed by atoms with van der Waals surface area (Å²) >= 11 is 1.81. The van der Waals surface area contributed by atoms with Crippen molar-refractivity contribution in [2.75, 3.05) is 11.5 Å². The second-order valence-electron chi connectivity index (χ2n) is 3.50. The molecule has 79 valence electrons. The van der Waals surface area contributed by atoms with E-state index in [0.717, 1.165) is 5.75 Å². The Balaban J connectivity index is 2.84. The Labute approximate surface area is 87.3 Å². The first kappa shape index (κ1) is 13.3. The molecule has 1 radical (unpaired) electrons. The molecule has 0 aromatic heterocycles. The first-order valence-corrected chi connectivity index (χ1v) is 6.51. The van der Waals surface area contributed by atoms with Crippen LogP contribution in [0.25, 0.3) is 0 Å². The third-order valence-electron chi connectivity index (χ3n) is 1.95. The maximum atomic E-state index is 8.89. The van der Waals surface area contributed by atoms with Crippen molar-refractivity contribution in [1.29, 1.82) is 0 Å². The van der Waals surface area contributed by atoms with Crippen LogP contribution < -0.4 is 0 Å². The van der Waals surface area contributed by atoms with Crippen LogP contribution in [0, 0.1) is 6.92 Å². The van der Waals surface area contributed by atoms with Gasteiger partial charge in [0, 0.05) is 5.75 Å². The highest BCUT2D eigenvalue weighted by molar-refractivity contribution is 7.99. The van der Waals surface area contributed by atoms with Crippen molar-refractivity contribution < 1.29 is 5.11 Å². The van der Waals surface area contributed by atoms with Gasteiger partial charge in [0.1, 0.15) is 0 Å². The van der Waals surface area contributed by atoms with Crippen molar-refractivity contribution in [3.63, 3.8) is 0 Å². The fourth-order valence-electron chi connectivity index (χ4n) is 1.20. The fourth-order valence-corrected chi connectivity index (χ4v) is 2.05. The molecular formula is C11H23OS. The molecule has 0 aliphatic heterocycles. The summed E-state index contributed by atoms with van der Waals surface area (Å²) in [4.78, 5) is 0. The van der Waals surface area contributed by atoms with Gasteiger partial charge in [0.2, 0.25) is 0 Å². The maximum Gasteiger partial charge on any atom is 0.0631 e. The van der Waals surface area contributed by atoms with Gasteiger partial charge in [0.25, 0.3) is 0 Å². The van der Waals surface area contributed by atoms with Crippen LogP contribution in [0.1, 0.15) is 45.4 Å². The molecule has 0 heterocycles. The van der Waals surface area contributed by atoms with Crippen molar-refractivity contribution >= 4 is 11.8 Å². The van der Waals surface area contributed by atoms with E-state index in [1.54, 1.807) is 0 Å². The van der Waals surface area contributed by atoms with Gasteiger partial charge in [-0.25, -0.2) is 0 Å². The smallest absolute Gasteiger partial charge is 0.0631 e. The third kappa shape index (κ3) is 12.3. The number of aliphatic hydroxyl groups excluding tert-OH is 1. The zero-order valence-corrected chi connectivity index (χ0v) is 9.61. The highest BCUT2D eigenvalue weighted by Gasteiger charge is 1.95. The van der Waals surface area contributed by atoms with Crippen LogP contribution in [0.2, 0.25) is 0 Å². The first-order valence-electron chi connectivity index (χ1n) is 5.36. The monoisotopic (exact) mass is 203 g/mol. The topological polar surface area (TPSA) is 20.2 Å². The Bertz CT molecular complexity index is 94.1. The number of thioether (sulfide) groups is 1. The molecule has 1 nitrogen and oxygen atoms in total. The number of rotatable bonds is 9. The molecule has 0 saturated heterocycles. The quantitative estimate of drug-likeness (QED) is 0.580. The Morgan fingerprint density at radius 1 is 1.15 bits per heavy atom. The van der Waals surface area contributed by atoms with Gasteiger partial charge in [0.05, 0.1) is 6.10 Å². The molecule has 0 fully saturated rings. The van der Waals surface area contributed by atoms with Crippen LogP contribution in [0.4, 0.5) is 0 Å². The summed E-state index contributed by atoms with van der Waals surface area (Å²) in [5.41, 5.74) is 0. The number of unbranched alkanes of at least 4 members (excludes halogenated alkanes) is 5. The van der Waals surface area contributed by atoms with Gasteiger partial charge >= 0.3 is 0 Å². The van der Waals surface area contributed by atoms with E-state index in [1.165, 1.54) is 44.3 Å². The van der Waals surface area contributed by atoms with E-state index >= 15 is 0 Å². The molecule has 0 rings (SSSR count). The molecule has 0 aliphatic carbocycles. The Morgan fingerprint density at radius 2 is 1.77 bits per heavy atom. The van der Waals surface area contributed by atoms with E-state index in [2.05, 4.69) is 13.8 Å². The van der Waals surface area contributed by atoms with Gasteiger partial charge in [0.15, 0.2) is 0 Å². The number of aliphatic hydroxyl groups is 1. The van der Waals surface area contributed by atoms with Crippen molar-refractivity contribution in [1.82, 2.24) is 0 Å². The van der Waals surface area contributed by atoms with Crippen molar-refractivity contribution in [2.24, 2.45) is 0 Å². The van der Waals surface area contributed by atoms with Crippen LogP contribution in [0.3, 0.4) is 0 Å². The standard InChI is InChI=1S/C11H23OS/c1-3-4-5-6-7-8-9-13-10-11(2)12/h11-12H,2-10H2,1H3. The van der Waals surface area contributed by atoms with Gasteiger partial charge < -0.3 is 5.11 Å². The largest absolute Gasteiger partial charge is 0.392 e. The van der Waals surface area contributed by atoms with E-state index < -0.39 is 0 Å². The lowest BCUT2D eigenvalue weighted by Gasteiger charge is -2.03. The van der Waals surface area contributed by atoms with Gasteiger partial charge in [-0.05, 0) is 19.1 Å². The normalized spacial score (nSPS) is 13.2. The summed E-state index contributed by atoms with van der Waals surface area (Å²) in [5.74, 6) is 1.97. The summed E-state index contributed by atoms with van der Waals surface area (Å²) in [5, 5.41) is 8.89. The molecule has 0 spiro atoms. The minimum Gasteiger partial charge on any atom is -0.392 e. The van der Waals surface area contributed by atoms with E-state index in [4.69, 9.17) is 5.11 Å². The Hall–Kier alpha value is 0.310. The van der Waals surface area contributed by atoms with E-state index in [0.29, 0.717) is 0 Å². The van der Waals surface area contributed by atoms with Crippen LogP contribution in [0.15, 0.2) is 0 Å².